The molecule has 0 unspecified atom stereocenters. The van der Waals surface area contributed by atoms with Crippen molar-refractivity contribution in [3.05, 3.63) is 56.9 Å². The third-order valence-corrected chi connectivity index (χ3v) is 5.35. The molecule has 0 spiro atoms. The number of anilines is 1. The summed E-state index contributed by atoms with van der Waals surface area (Å²) in [5.74, 6) is -1.33. The zero-order chi connectivity index (χ0) is 21.1. The highest BCUT2D eigenvalue weighted by Crippen LogP contribution is 2.38. The highest BCUT2D eigenvalue weighted by Gasteiger charge is 2.36. The predicted octanol–water partition coefficient (Wildman–Crippen LogP) is 4.38. The minimum absolute atomic E-state index is 0.0418. The number of hydrogen-bond donors (Lipinski definition) is 2. The molecule has 2 N–H and O–H groups in total. The number of phenolic OH excluding ortho intramolecular Hbond substituents is 1. The van der Waals surface area contributed by atoms with E-state index in [0.29, 0.717) is 22.5 Å². The maximum Gasteiger partial charge on any atom is 0.294 e. The van der Waals surface area contributed by atoms with Gasteiger partial charge in [0.1, 0.15) is 6.54 Å². The molecule has 1 aliphatic rings. The van der Waals surface area contributed by atoms with E-state index in [1.54, 1.807) is 24.3 Å². The number of benzene rings is 2. The Kier molecular flexibility index (Phi) is 6.36. The lowest BCUT2D eigenvalue weighted by atomic mass is 10.1. The molecule has 0 atom stereocenters. The summed E-state index contributed by atoms with van der Waals surface area (Å²) in [6.07, 6.45) is 1.32. The van der Waals surface area contributed by atoms with Gasteiger partial charge in [0.2, 0.25) is 5.91 Å². The Morgan fingerprint density at radius 1 is 1.28 bits per heavy atom. The number of rotatable bonds is 5. The number of nitrogens with zero attached hydrogens (tertiary/aromatic N) is 1. The Morgan fingerprint density at radius 3 is 2.69 bits per heavy atom. The van der Waals surface area contributed by atoms with Gasteiger partial charge < -0.3 is 15.2 Å². The van der Waals surface area contributed by atoms with Crippen LogP contribution in [0.15, 0.2) is 41.3 Å². The lowest BCUT2D eigenvalue weighted by Crippen LogP contribution is -2.36. The highest BCUT2D eigenvalue weighted by molar-refractivity contribution is 8.18. The Bertz CT molecular complexity index is 1040. The summed E-state index contributed by atoms with van der Waals surface area (Å²) in [5.41, 5.74) is 0.581. The molecule has 7 nitrogen and oxygen atoms in total. The molecule has 2 aromatic carbocycles. The second kappa shape index (κ2) is 8.77. The molecule has 0 saturated carbocycles. The van der Waals surface area contributed by atoms with Gasteiger partial charge in [0, 0.05) is 16.7 Å². The first-order chi connectivity index (χ1) is 13.8. The number of thioether (sulfide) groups is 1. The van der Waals surface area contributed by atoms with Gasteiger partial charge in [-0.2, -0.15) is 0 Å². The molecule has 0 radical (unpaired) electrons. The van der Waals surface area contributed by atoms with Crippen molar-refractivity contribution >= 4 is 63.8 Å². The van der Waals surface area contributed by atoms with Crippen molar-refractivity contribution in [1.29, 1.82) is 0 Å². The summed E-state index contributed by atoms with van der Waals surface area (Å²) < 4.78 is 5.02. The maximum absolute atomic E-state index is 12.6. The number of phenols is 1. The SMILES string of the molecule is COc1cc(Cl)cc(/C=C2/SC(=O)N(CC(=O)Nc3ccccc3Cl)C2=O)c1O. The molecule has 3 rings (SSSR count). The molecule has 0 bridgehead atoms. The fourth-order valence-electron chi connectivity index (χ4n) is 2.53. The van der Waals surface area contributed by atoms with Crippen LogP contribution in [-0.2, 0) is 9.59 Å². The Morgan fingerprint density at radius 2 is 2.00 bits per heavy atom. The van der Waals surface area contributed by atoms with Gasteiger partial charge in [0.25, 0.3) is 11.1 Å². The molecule has 1 aliphatic heterocycles. The summed E-state index contributed by atoms with van der Waals surface area (Å²) in [5, 5.41) is 12.8. The van der Waals surface area contributed by atoms with Gasteiger partial charge in [-0.25, -0.2) is 0 Å². The first kappa shape index (κ1) is 21.0. The molecule has 3 amide bonds. The summed E-state index contributed by atoms with van der Waals surface area (Å²) >= 11 is 12.6. The van der Waals surface area contributed by atoms with Crippen molar-refractivity contribution in [3.8, 4) is 11.5 Å². The molecular formula is C19H14Cl2N2O5S. The first-order valence-electron chi connectivity index (χ1n) is 8.16. The second-order valence-electron chi connectivity index (χ2n) is 5.84. The number of aromatic hydroxyl groups is 1. The second-order valence-corrected chi connectivity index (χ2v) is 7.68. The third-order valence-electron chi connectivity index (χ3n) is 3.90. The topological polar surface area (TPSA) is 95.9 Å². The molecule has 29 heavy (non-hydrogen) atoms. The van der Waals surface area contributed by atoms with E-state index in [4.69, 9.17) is 27.9 Å². The molecule has 1 saturated heterocycles. The number of methoxy groups -OCH3 is 1. The van der Waals surface area contributed by atoms with Crippen molar-refractivity contribution in [1.82, 2.24) is 4.90 Å². The zero-order valence-corrected chi connectivity index (χ0v) is 17.3. The van der Waals surface area contributed by atoms with Crippen molar-refractivity contribution in [3.63, 3.8) is 0 Å². The van der Waals surface area contributed by atoms with Crippen LogP contribution in [0.4, 0.5) is 10.5 Å². The number of carbonyl (C=O) groups is 3. The average molecular weight is 453 g/mol. The number of ether oxygens (including phenoxy) is 1. The number of halogens is 2. The fraction of sp³-hybridized carbons (Fsp3) is 0.105. The number of carbonyl (C=O) groups excluding carboxylic acids is 3. The van der Waals surface area contributed by atoms with Gasteiger partial charge in [-0.3, -0.25) is 19.3 Å². The minimum Gasteiger partial charge on any atom is -0.504 e. The molecule has 10 heteroatoms. The third kappa shape index (κ3) is 4.67. The van der Waals surface area contributed by atoms with Gasteiger partial charge in [0.05, 0.1) is 22.7 Å². The predicted molar refractivity (Wildman–Crippen MR) is 112 cm³/mol. The van der Waals surface area contributed by atoms with E-state index in [0.717, 1.165) is 4.90 Å². The van der Waals surface area contributed by atoms with Crippen LogP contribution in [0.1, 0.15) is 5.56 Å². The number of nitrogens with one attached hydrogen (secondary N) is 1. The van der Waals surface area contributed by atoms with Crippen molar-refractivity contribution in [2.75, 3.05) is 19.0 Å². The number of para-hydroxylation sites is 1. The van der Waals surface area contributed by atoms with Crippen molar-refractivity contribution in [2.24, 2.45) is 0 Å². The number of amides is 3. The van der Waals surface area contributed by atoms with Crippen molar-refractivity contribution < 1.29 is 24.2 Å². The van der Waals surface area contributed by atoms with Crippen molar-refractivity contribution in [2.45, 2.75) is 0 Å². The van der Waals surface area contributed by atoms with Gasteiger partial charge >= 0.3 is 0 Å². The molecule has 0 aromatic heterocycles. The van der Waals surface area contributed by atoms with Crippen LogP contribution in [0.3, 0.4) is 0 Å². The first-order valence-corrected chi connectivity index (χ1v) is 9.73. The standard InChI is InChI=1S/C19H14Cl2N2O5S/c1-28-14-8-11(20)6-10(17(14)25)7-15-18(26)23(19(27)29-15)9-16(24)22-13-5-3-2-4-12(13)21/h2-8,25H,9H2,1H3,(H,22,24)/b15-7+. The lowest BCUT2D eigenvalue weighted by molar-refractivity contribution is -0.127. The Labute approximate surface area is 180 Å². The van der Waals surface area contributed by atoms with E-state index in [1.165, 1.54) is 25.3 Å². The van der Waals surface area contributed by atoms with E-state index >= 15 is 0 Å². The molecule has 150 valence electrons. The number of imide groups is 1. The van der Waals surface area contributed by atoms with Crippen LogP contribution in [0.5, 0.6) is 11.5 Å². The van der Waals surface area contributed by atoms with Gasteiger partial charge in [-0.05, 0) is 36.0 Å². The van der Waals surface area contributed by atoms with Crippen LogP contribution in [0, 0.1) is 0 Å². The number of hydrogen-bond acceptors (Lipinski definition) is 6. The van der Waals surface area contributed by atoms with E-state index < -0.39 is 23.6 Å². The monoisotopic (exact) mass is 452 g/mol. The smallest absolute Gasteiger partial charge is 0.294 e. The van der Waals surface area contributed by atoms with Crippen LogP contribution >= 0.6 is 35.0 Å². The molecule has 1 heterocycles. The largest absolute Gasteiger partial charge is 0.504 e. The Balaban J connectivity index is 1.78. The molecule has 0 aliphatic carbocycles. The molecule has 1 fully saturated rings. The van der Waals surface area contributed by atoms with E-state index in [-0.39, 0.29) is 27.0 Å². The van der Waals surface area contributed by atoms with E-state index in [9.17, 15) is 19.5 Å². The van der Waals surface area contributed by atoms with Gasteiger partial charge in [-0.15, -0.1) is 0 Å². The molecule has 2 aromatic rings. The highest BCUT2D eigenvalue weighted by atomic mass is 35.5. The van der Waals surface area contributed by atoms with Crippen LogP contribution in [0.2, 0.25) is 10.0 Å². The van der Waals surface area contributed by atoms with E-state index in [1.807, 2.05) is 0 Å². The summed E-state index contributed by atoms with van der Waals surface area (Å²) in [7, 11) is 1.36. The van der Waals surface area contributed by atoms with Crippen LogP contribution in [-0.4, -0.2) is 40.7 Å². The minimum atomic E-state index is -0.660. The molecular weight excluding hydrogens is 439 g/mol. The summed E-state index contributed by atoms with van der Waals surface area (Å²) in [4.78, 5) is 37.9. The lowest BCUT2D eigenvalue weighted by Gasteiger charge is -2.13. The van der Waals surface area contributed by atoms with E-state index in [2.05, 4.69) is 5.32 Å². The van der Waals surface area contributed by atoms with Gasteiger partial charge in [0.15, 0.2) is 11.5 Å². The quantitative estimate of drug-likeness (QED) is 0.653. The summed E-state index contributed by atoms with van der Waals surface area (Å²) in [6, 6.07) is 9.45. The average Bonchev–Trinajstić information content (AvgIpc) is 2.93. The zero-order valence-electron chi connectivity index (χ0n) is 14.9. The Hall–Kier alpha value is -2.68. The fourth-order valence-corrected chi connectivity index (χ4v) is 3.76. The van der Waals surface area contributed by atoms with Crippen LogP contribution < -0.4 is 10.1 Å². The maximum atomic E-state index is 12.6. The summed E-state index contributed by atoms with van der Waals surface area (Å²) in [6.45, 7) is -0.474. The van der Waals surface area contributed by atoms with Gasteiger partial charge in [-0.1, -0.05) is 35.3 Å². The normalized spacial score (nSPS) is 15.1. The van der Waals surface area contributed by atoms with Crippen LogP contribution in [0.25, 0.3) is 6.08 Å².